The maximum absolute atomic E-state index is 13.2. The molecule has 1 aromatic heterocycles. The van der Waals surface area contributed by atoms with Crippen molar-refractivity contribution in [2.45, 2.75) is 38.6 Å². The van der Waals surface area contributed by atoms with Crippen LogP contribution in [0.15, 0.2) is 60.8 Å². The highest BCUT2D eigenvalue weighted by atomic mass is 16.5. The maximum Gasteiger partial charge on any atom is 0.323 e. The Morgan fingerprint density at radius 1 is 1.02 bits per heavy atom. The molecule has 0 saturated carbocycles. The Labute approximate surface area is 262 Å². The summed E-state index contributed by atoms with van der Waals surface area (Å²) in [5.74, 6) is -1.22. The van der Waals surface area contributed by atoms with Crippen LogP contribution in [0.5, 0.6) is 5.75 Å². The second-order valence-corrected chi connectivity index (χ2v) is 10.9. The van der Waals surface area contributed by atoms with Crippen molar-refractivity contribution >= 4 is 40.9 Å². The van der Waals surface area contributed by atoms with Crippen molar-refractivity contribution in [1.29, 1.82) is 0 Å². The topological polar surface area (TPSA) is 150 Å². The number of pyridine rings is 1. The zero-order valence-electron chi connectivity index (χ0n) is 25.9. The molecule has 1 atom stereocenters. The van der Waals surface area contributed by atoms with E-state index in [1.165, 1.54) is 23.1 Å². The number of ether oxygens (including phenoxy) is 2. The van der Waals surface area contributed by atoms with E-state index in [1.54, 1.807) is 44.4 Å². The smallest absolute Gasteiger partial charge is 0.323 e. The summed E-state index contributed by atoms with van der Waals surface area (Å²) in [5, 5.41) is 15.1. The number of rotatable bonds is 11. The van der Waals surface area contributed by atoms with Gasteiger partial charge in [-0.15, -0.1) is 0 Å². The van der Waals surface area contributed by atoms with Gasteiger partial charge in [-0.2, -0.15) is 0 Å². The number of benzene rings is 2. The number of urea groups is 1. The molecule has 0 radical (unpaired) electrons. The number of para-hydroxylation sites is 1. The Morgan fingerprint density at radius 2 is 1.73 bits per heavy atom. The number of carboxylic acids is 1. The summed E-state index contributed by atoms with van der Waals surface area (Å²) in [4.78, 5) is 57.9. The number of anilines is 3. The van der Waals surface area contributed by atoms with Crippen LogP contribution in [0, 0.1) is 12.8 Å². The molecular formula is C33H39N5O7. The number of carbonyl (C=O) groups is 4. The van der Waals surface area contributed by atoms with E-state index in [1.807, 2.05) is 31.2 Å². The number of aliphatic carboxylic acids is 1. The van der Waals surface area contributed by atoms with Crippen molar-refractivity contribution in [3.05, 3.63) is 77.6 Å². The summed E-state index contributed by atoms with van der Waals surface area (Å²) in [6, 6.07) is 14.7. The van der Waals surface area contributed by atoms with Gasteiger partial charge in [-0.25, -0.2) is 4.79 Å². The molecule has 1 saturated heterocycles. The Morgan fingerprint density at radius 3 is 2.38 bits per heavy atom. The summed E-state index contributed by atoms with van der Waals surface area (Å²) < 4.78 is 10.8. The summed E-state index contributed by atoms with van der Waals surface area (Å²) in [7, 11) is 4.71. The van der Waals surface area contributed by atoms with Gasteiger partial charge in [0.2, 0.25) is 11.8 Å². The van der Waals surface area contributed by atoms with E-state index in [9.17, 15) is 24.3 Å². The molecule has 1 fully saturated rings. The maximum atomic E-state index is 13.2. The van der Waals surface area contributed by atoms with E-state index in [2.05, 4.69) is 15.6 Å². The fourth-order valence-corrected chi connectivity index (χ4v) is 5.16. The second-order valence-electron chi connectivity index (χ2n) is 10.9. The number of likely N-dealkylation sites (N-methyl/N-ethyl adjacent to an activating group) is 1. The van der Waals surface area contributed by atoms with E-state index in [0.29, 0.717) is 60.1 Å². The average molecular weight is 618 g/mol. The molecule has 0 bridgehead atoms. The molecule has 238 valence electrons. The van der Waals surface area contributed by atoms with Crippen LogP contribution in [0.1, 0.15) is 42.1 Å². The SMILES string of the molecule is COc1cc(CC(=O)N(C)c2ccc(C(CC(=O)O)N(C)C(=O)C3CCOCC3)nc2)ccc1NC(=O)Nc1ccccc1C. The van der Waals surface area contributed by atoms with Crippen LogP contribution in [-0.2, 0) is 25.5 Å². The minimum absolute atomic E-state index is 0.0499. The van der Waals surface area contributed by atoms with Gasteiger partial charge in [-0.1, -0.05) is 24.3 Å². The molecule has 0 spiro atoms. The first-order valence-corrected chi connectivity index (χ1v) is 14.7. The van der Waals surface area contributed by atoms with Gasteiger partial charge in [-0.3, -0.25) is 19.4 Å². The largest absolute Gasteiger partial charge is 0.495 e. The Bertz CT molecular complexity index is 1520. The predicted molar refractivity (Wildman–Crippen MR) is 169 cm³/mol. The van der Waals surface area contributed by atoms with Crippen LogP contribution in [0.4, 0.5) is 21.9 Å². The molecule has 1 aliphatic heterocycles. The lowest BCUT2D eigenvalue weighted by Gasteiger charge is -2.32. The Hall–Kier alpha value is -4.97. The van der Waals surface area contributed by atoms with E-state index in [0.717, 1.165) is 5.56 Å². The minimum atomic E-state index is -1.05. The molecule has 12 nitrogen and oxygen atoms in total. The monoisotopic (exact) mass is 617 g/mol. The third kappa shape index (κ3) is 8.57. The summed E-state index contributed by atoms with van der Waals surface area (Å²) in [6.07, 6.45) is 2.43. The molecule has 4 rings (SSSR count). The van der Waals surface area contributed by atoms with Gasteiger partial charge in [0.1, 0.15) is 5.75 Å². The van der Waals surface area contributed by atoms with Crippen molar-refractivity contribution in [3.63, 3.8) is 0 Å². The van der Waals surface area contributed by atoms with Crippen LogP contribution in [0.25, 0.3) is 0 Å². The third-order valence-corrected chi connectivity index (χ3v) is 7.89. The van der Waals surface area contributed by atoms with Gasteiger partial charge in [0, 0.05) is 38.9 Å². The van der Waals surface area contributed by atoms with E-state index < -0.39 is 18.0 Å². The standard InChI is InChI=1S/C33H39N5O7/c1-21-7-5-6-8-25(21)35-33(43)36-27-11-9-22(17-29(27)44-4)18-30(39)37(2)24-10-12-26(34-20-24)28(19-31(40)41)38(3)32(42)23-13-15-45-16-14-23/h5-12,17,20,23,28H,13-16,18-19H2,1-4H3,(H,40,41)(H2,35,36,43). The number of carbonyl (C=O) groups excluding carboxylic acids is 3. The molecule has 2 aromatic carbocycles. The predicted octanol–water partition coefficient (Wildman–Crippen LogP) is 4.65. The second kappa shape index (κ2) is 15.2. The lowest BCUT2D eigenvalue weighted by molar-refractivity contribution is -0.143. The number of hydrogen-bond donors (Lipinski definition) is 3. The number of methoxy groups -OCH3 is 1. The van der Waals surface area contributed by atoms with Crippen molar-refractivity contribution < 1.29 is 33.8 Å². The third-order valence-electron chi connectivity index (χ3n) is 7.89. The first kappa shape index (κ1) is 32.9. The minimum Gasteiger partial charge on any atom is -0.495 e. The van der Waals surface area contributed by atoms with Crippen molar-refractivity contribution in [2.24, 2.45) is 5.92 Å². The van der Waals surface area contributed by atoms with Gasteiger partial charge in [0.05, 0.1) is 49.3 Å². The van der Waals surface area contributed by atoms with Gasteiger partial charge >= 0.3 is 12.0 Å². The number of aryl methyl sites for hydroxylation is 1. The highest BCUT2D eigenvalue weighted by Crippen LogP contribution is 2.29. The van der Waals surface area contributed by atoms with Crippen molar-refractivity contribution in [3.8, 4) is 5.75 Å². The van der Waals surface area contributed by atoms with Crippen LogP contribution in [0.3, 0.4) is 0 Å². The molecule has 1 unspecified atom stereocenters. The molecule has 12 heteroatoms. The van der Waals surface area contributed by atoms with E-state index >= 15 is 0 Å². The van der Waals surface area contributed by atoms with Gasteiger partial charge < -0.3 is 35.0 Å². The Kier molecular flexibility index (Phi) is 11.1. The zero-order valence-corrected chi connectivity index (χ0v) is 25.9. The van der Waals surface area contributed by atoms with Gasteiger partial charge in [0.15, 0.2) is 0 Å². The highest BCUT2D eigenvalue weighted by molar-refractivity contribution is 6.01. The lowest BCUT2D eigenvalue weighted by atomic mass is 9.97. The first-order valence-electron chi connectivity index (χ1n) is 14.7. The molecule has 3 N–H and O–H groups in total. The number of nitrogens with one attached hydrogen (secondary N) is 2. The number of aromatic nitrogens is 1. The number of nitrogens with zero attached hydrogens (tertiary/aromatic N) is 3. The Balaban J connectivity index is 1.41. The molecular weight excluding hydrogens is 578 g/mol. The summed E-state index contributed by atoms with van der Waals surface area (Å²) in [6.45, 7) is 2.90. The fraction of sp³-hybridized carbons (Fsp3) is 0.364. The quantitative estimate of drug-likeness (QED) is 0.281. The van der Waals surface area contributed by atoms with Crippen molar-refractivity contribution in [2.75, 3.05) is 50.0 Å². The van der Waals surface area contributed by atoms with Crippen LogP contribution in [-0.4, -0.2) is 73.2 Å². The molecule has 3 aromatic rings. The molecule has 4 amide bonds. The summed E-state index contributed by atoms with van der Waals surface area (Å²) >= 11 is 0. The number of amides is 4. The molecule has 2 heterocycles. The van der Waals surface area contributed by atoms with Crippen LogP contribution in [0.2, 0.25) is 0 Å². The lowest BCUT2D eigenvalue weighted by Crippen LogP contribution is -2.39. The van der Waals surface area contributed by atoms with Gasteiger partial charge in [0.25, 0.3) is 0 Å². The van der Waals surface area contributed by atoms with Gasteiger partial charge in [-0.05, 0) is 61.2 Å². The average Bonchev–Trinajstić information content (AvgIpc) is 3.04. The van der Waals surface area contributed by atoms with E-state index in [4.69, 9.17) is 9.47 Å². The fourth-order valence-electron chi connectivity index (χ4n) is 5.16. The number of carboxylic acid groups (broad SMARTS) is 1. The van der Waals surface area contributed by atoms with Crippen molar-refractivity contribution in [1.82, 2.24) is 9.88 Å². The first-order chi connectivity index (χ1) is 21.6. The van der Waals surface area contributed by atoms with Crippen LogP contribution < -0.4 is 20.3 Å². The summed E-state index contributed by atoms with van der Waals surface area (Å²) in [5.41, 5.74) is 3.67. The normalized spacial score (nSPS) is 13.8. The molecule has 1 aliphatic rings. The zero-order chi connectivity index (χ0) is 32.5. The number of hydrogen-bond acceptors (Lipinski definition) is 7. The van der Waals surface area contributed by atoms with Crippen LogP contribution >= 0.6 is 0 Å². The molecule has 0 aliphatic carbocycles. The highest BCUT2D eigenvalue weighted by Gasteiger charge is 2.31. The van der Waals surface area contributed by atoms with E-state index in [-0.39, 0.29) is 30.6 Å². The molecule has 45 heavy (non-hydrogen) atoms.